The molecule has 0 spiro atoms. The van der Waals surface area contributed by atoms with Crippen LogP contribution in [0.1, 0.15) is 18.4 Å². The van der Waals surface area contributed by atoms with Crippen molar-refractivity contribution in [2.75, 3.05) is 6.54 Å². The molecule has 0 aromatic heterocycles. The maximum atomic E-state index is 11.9. The molecule has 1 atom stereocenters. The molecule has 0 saturated carbocycles. The van der Waals surface area contributed by atoms with Gasteiger partial charge in [-0.2, -0.15) is 0 Å². The number of likely N-dealkylation sites (tertiary alicyclic amines) is 1. The van der Waals surface area contributed by atoms with Crippen LogP contribution >= 0.6 is 12.2 Å². The molecule has 4 nitrogen and oxygen atoms in total. The second-order valence-electron chi connectivity index (χ2n) is 4.29. The van der Waals surface area contributed by atoms with Gasteiger partial charge in [0.15, 0.2) is 0 Å². The van der Waals surface area contributed by atoms with Gasteiger partial charge in [-0.3, -0.25) is 4.90 Å². The summed E-state index contributed by atoms with van der Waals surface area (Å²) in [6.07, 6.45) is 1.41. The van der Waals surface area contributed by atoms with Crippen molar-refractivity contribution in [3.8, 4) is 0 Å². The van der Waals surface area contributed by atoms with E-state index in [2.05, 4.69) is 0 Å². The Labute approximate surface area is 112 Å². The van der Waals surface area contributed by atoms with Crippen LogP contribution in [0, 0.1) is 0 Å². The molecular formula is C13H16N2O2S. The number of nitrogens with zero attached hydrogens (tertiary/aromatic N) is 1. The summed E-state index contributed by atoms with van der Waals surface area (Å²) in [6, 6.07) is 9.44. The minimum Gasteiger partial charge on any atom is -0.445 e. The van der Waals surface area contributed by atoms with E-state index in [9.17, 15) is 4.79 Å². The number of thiocarbonyl (C=S) groups is 1. The van der Waals surface area contributed by atoms with Crippen molar-refractivity contribution >= 4 is 23.3 Å². The van der Waals surface area contributed by atoms with Gasteiger partial charge in [0.2, 0.25) is 0 Å². The largest absolute Gasteiger partial charge is 0.445 e. The quantitative estimate of drug-likeness (QED) is 0.849. The highest BCUT2D eigenvalue weighted by molar-refractivity contribution is 7.80. The van der Waals surface area contributed by atoms with E-state index < -0.39 is 0 Å². The first-order valence-corrected chi connectivity index (χ1v) is 6.36. The molecule has 1 aromatic rings. The predicted molar refractivity (Wildman–Crippen MR) is 73.1 cm³/mol. The zero-order chi connectivity index (χ0) is 13.0. The van der Waals surface area contributed by atoms with Crippen molar-refractivity contribution in [2.45, 2.75) is 25.5 Å². The third-order valence-electron chi connectivity index (χ3n) is 3.02. The van der Waals surface area contributed by atoms with Crippen molar-refractivity contribution in [2.24, 2.45) is 5.73 Å². The summed E-state index contributed by atoms with van der Waals surface area (Å²) in [5.74, 6) is 0. The first-order valence-electron chi connectivity index (χ1n) is 5.95. The number of ether oxygens (including phenoxy) is 1. The van der Waals surface area contributed by atoms with Crippen LogP contribution in [0.2, 0.25) is 0 Å². The minimum atomic E-state index is -0.339. The number of nitrogens with two attached hydrogens (primary N) is 1. The number of rotatable bonds is 3. The van der Waals surface area contributed by atoms with Gasteiger partial charge in [-0.15, -0.1) is 0 Å². The number of carbonyl (C=O) groups is 1. The van der Waals surface area contributed by atoms with Gasteiger partial charge in [0.25, 0.3) is 0 Å². The fourth-order valence-electron chi connectivity index (χ4n) is 2.08. The smallest absolute Gasteiger partial charge is 0.410 e. The molecule has 1 aliphatic rings. The summed E-state index contributed by atoms with van der Waals surface area (Å²) >= 11 is 4.96. The van der Waals surface area contributed by atoms with Crippen LogP contribution in [0.3, 0.4) is 0 Å². The molecule has 5 heteroatoms. The van der Waals surface area contributed by atoms with E-state index >= 15 is 0 Å². The first-order chi connectivity index (χ1) is 8.68. The van der Waals surface area contributed by atoms with Gasteiger partial charge in [0.1, 0.15) is 6.61 Å². The van der Waals surface area contributed by atoms with Crippen LogP contribution in [-0.2, 0) is 11.3 Å². The first kappa shape index (κ1) is 12.8. The molecule has 2 rings (SSSR count). The molecule has 0 aliphatic carbocycles. The fraction of sp³-hybridized carbons (Fsp3) is 0.385. The van der Waals surface area contributed by atoms with Gasteiger partial charge in [0, 0.05) is 6.54 Å². The molecule has 1 aromatic carbocycles. The summed E-state index contributed by atoms with van der Waals surface area (Å²) in [7, 11) is 0. The topological polar surface area (TPSA) is 55.6 Å². The number of benzene rings is 1. The molecule has 1 aliphatic heterocycles. The molecule has 1 amide bonds. The van der Waals surface area contributed by atoms with Crippen LogP contribution in [-0.4, -0.2) is 28.6 Å². The Bertz CT molecular complexity index is 436. The number of hydrogen-bond donors (Lipinski definition) is 1. The minimum absolute atomic E-state index is 0.150. The molecular weight excluding hydrogens is 248 g/mol. The summed E-state index contributed by atoms with van der Waals surface area (Å²) < 4.78 is 5.26. The normalized spacial score (nSPS) is 18.7. The molecule has 0 radical (unpaired) electrons. The van der Waals surface area contributed by atoms with Gasteiger partial charge in [-0.05, 0) is 18.4 Å². The van der Waals surface area contributed by atoms with Crippen LogP contribution in [0.5, 0.6) is 0 Å². The van der Waals surface area contributed by atoms with E-state index in [1.807, 2.05) is 30.3 Å². The Morgan fingerprint density at radius 3 is 2.83 bits per heavy atom. The zero-order valence-corrected chi connectivity index (χ0v) is 10.9. The van der Waals surface area contributed by atoms with Crippen molar-refractivity contribution in [1.29, 1.82) is 0 Å². The Balaban J connectivity index is 1.90. The van der Waals surface area contributed by atoms with Crippen molar-refractivity contribution in [3.63, 3.8) is 0 Å². The number of carbonyl (C=O) groups excluding carboxylic acids is 1. The molecule has 18 heavy (non-hydrogen) atoms. The van der Waals surface area contributed by atoms with Gasteiger partial charge in [-0.1, -0.05) is 42.5 Å². The lowest BCUT2D eigenvalue weighted by molar-refractivity contribution is 0.0994. The molecule has 1 fully saturated rings. The Kier molecular flexibility index (Phi) is 4.15. The Morgan fingerprint density at radius 1 is 1.44 bits per heavy atom. The second kappa shape index (κ2) is 5.82. The van der Waals surface area contributed by atoms with E-state index in [0.29, 0.717) is 11.5 Å². The van der Waals surface area contributed by atoms with Crippen molar-refractivity contribution < 1.29 is 9.53 Å². The van der Waals surface area contributed by atoms with Crippen molar-refractivity contribution in [1.82, 2.24) is 4.90 Å². The lowest BCUT2D eigenvalue weighted by Crippen LogP contribution is -2.43. The third-order valence-corrected chi connectivity index (χ3v) is 3.29. The lowest BCUT2D eigenvalue weighted by atomic mass is 10.2. The SMILES string of the molecule is NC(=S)[C@@H]1CCCN1C(=O)OCc1ccccc1. The molecule has 96 valence electrons. The molecule has 1 saturated heterocycles. The standard InChI is InChI=1S/C13H16N2O2S/c14-12(18)11-7-4-8-15(11)13(16)17-9-10-5-2-1-3-6-10/h1-3,5-6,11H,4,7-9H2,(H2,14,18)/t11-/m0/s1. The summed E-state index contributed by atoms with van der Waals surface area (Å²) in [6.45, 7) is 0.940. The number of hydrogen-bond acceptors (Lipinski definition) is 3. The van der Waals surface area contributed by atoms with Gasteiger partial charge < -0.3 is 10.5 Å². The molecule has 2 N–H and O–H groups in total. The molecule has 1 heterocycles. The van der Waals surface area contributed by atoms with E-state index in [0.717, 1.165) is 18.4 Å². The maximum absolute atomic E-state index is 11.9. The predicted octanol–water partition coefficient (Wildman–Crippen LogP) is 2.07. The Morgan fingerprint density at radius 2 is 2.17 bits per heavy atom. The second-order valence-corrected chi connectivity index (χ2v) is 4.77. The van der Waals surface area contributed by atoms with Crippen LogP contribution in [0.4, 0.5) is 4.79 Å². The zero-order valence-electron chi connectivity index (χ0n) is 10.0. The summed E-state index contributed by atoms with van der Waals surface area (Å²) in [5.41, 5.74) is 6.58. The number of amides is 1. The maximum Gasteiger partial charge on any atom is 0.410 e. The molecule has 0 unspecified atom stereocenters. The summed E-state index contributed by atoms with van der Waals surface area (Å²) in [5, 5.41) is 0. The van der Waals surface area contributed by atoms with Gasteiger partial charge in [0.05, 0.1) is 11.0 Å². The van der Waals surface area contributed by atoms with E-state index in [1.54, 1.807) is 4.90 Å². The van der Waals surface area contributed by atoms with Crippen molar-refractivity contribution in [3.05, 3.63) is 35.9 Å². The van der Waals surface area contributed by atoms with Crippen LogP contribution < -0.4 is 5.73 Å². The molecule has 0 bridgehead atoms. The van der Waals surface area contributed by atoms with Gasteiger partial charge in [-0.25, -0.2) is 4.79 Å². The average Bonchev–Trinajstić information content (AvgIpc) is 2.86. The van der Waals surface area contributed by atoms with E-state index in [-0.39, 0.29) is 18.7 Å². The average molecular weight is 264 g/mol. The van der Waals surface area contributed by atoms with Gasteiger partial charge >= 0.3 is 6.09 Å². The highest BCUT2D eigenvalue weighted by Crippen LogP contribution is 2.19. The van der Waals surface area contributed by atoms with Crippen LogP contribution in [0.15, 0.2) is 30.3 Å². The monoisotopic (exact) mass is 264 g/mol. The van der Waals surface area contributed by atoms with E-state index in [4.69, 9.17) is 22.7 Å². The highest BCUT2D eigenvalue weighted by atomic mass is 32.1. The van der Waals surface area contributed by atoms with Crippen LogP contribution in [0.25, 0.3) is 0 Å². The summed E-state index contributed by atoms with van der Waals surface area (Å²) in [4.78, 5) is 13.9. The Hall–Kier alpha value is -1.62. The third kappa shape index (κ3) is 2.98. The lowest BCUT2D eigenvalue weighted by Gasteiger charge is -2.22. The highest BCUT2D eigenvalue weighted by Gasteiger charge is 2.31. The fourth-order valence-corrected chi connectivity index (χ4v) is 2.33. The van der Waals surface area contributed by atoms with E-state index in [1.165, 1.54) is 0 Å².